The molecule has 0 aromatic carbocycles. The molecule has 0 saturated carbocycles. The van der Waals surface area contributed by atoms with Crippen LogP contribution in [0.25, 0.3) is 0 Å². The van der Waals surface area contributed by atoms with Gasteiger partial charge in [0.2, 0.25) is 5.91 Å². The molecule has 2 N–H and O–H groups in total. The molecule has 19 heavy (non-hydrogen) atoms. The maximum Gasteiger partial charge on any atom is 0.326 e. The number of carbonyl (C=O) groups excluding carboxylic acids is 1. The van der Waals surface area contributed by atoms with Crippen LogP contribution in [0.5, 0.6) is 0 Å². The Balaban J connectivity index is 2.42. The van der Waals surface area contributed by atoms with E-state index in [-0.39, 0.29) is 18.2 Å². The molecule has 6 heteroatoms. The predicted molar refractivity (Wildman–Crippen MR) is 70.6 cm³/mol. The third-order valence-electron chi connectivity index (χ3n) is 2.74. The number of carboxylic acid groups (broad SMARTS) is 1. The average Bonchev–Trinajstić information content (AvgIpc) is 2.71. The fourth-order valence-electron chi connectivity index (χ4n) is 1.82. The van der Waals surface area contributed by atoms with Gasteiger partial charge in [0.1, 0.15) is 6.04 Å². The SMILES string of the molecule is CC(C)C[C@H](NC(=O)CCc1cnn(C)c1)C(=O)O. The summed E-state index contributed by atoms with van der Waals surface area (Å²) < 4.78 is 1.67. The Morgan fingerprint density at radius 2 is 2.16 bits per heavy atom. The third kappa shape index (κ3) is 5.54. The zero-order chi connectivity index (χ0) is 14.4. The highest BCUT2D eigenvalue weighted by molar-refractivity contribution is 5.83. The van der Waals surface area contributed by atoms with E-state index in [1.807, 2.05) is 27.1 Å². The highest BCUT2D eigenvalue weighted by atomic mass is 16.4. The summed E-state index contributed by atoms with van der Waals surface area (Å²) in [5, 5.41) is 15.6. The summed E-state index contributed by atoms with van der Waals surface area (Å²) in [4.78, 5) is 22.7. The van der Waals surface area contributed by atoms with Crippen molar-refractivity contribution in [1.29, 1.82) is 0 Å². The number of hydrogen-bond acceptors (Lipinski definition) is 3. The lowest BCUT2D eigenvalue weighted by atomic mass is 10.0. The first-order valence-electron chi connectivity index (χ1n) is 6.38. The molecule has 0 radical (unpaired) electrons. The van der Waals surface area contributed by atoms with Crippen LogP contribution in [-0.2, 0) is 23.1 Å². The molecular weight excluding hydrogens is 246 g/mol. The molecule has 1 heterocycles. The summed E-state index contributed by atoms with van der Waals surface area (Å²) in [7, 11) is 1.81. The first-order chi connectivity index (χ1) is 8.88. The number of nitrogens with one attached hydrogen (secondary N) is 1. The zero-order valence-electron chi connectivity index (χ0n) is 11.6. The summed E-state index contributed by atoms with van der Waals surface area (Å²) in [5.41, 5.74) is 0.966. The Kier molecular flexibility index (Phi) is 5.54. The maximum absolute atomic E-state index is 11.7. The van der Waals surface area contributed by atoms with Gasteiger partial charge in [-0.15, -0.1) is 0 Å². The number of carboxylic acids is 1. The van der Waals surface area contributed by atoms with Gasteiger partial charge in [0.15, 0.2) is 0 Å². The van der Waals surface area contributed by atoms with Gasteiger partial charge in [-0.2, -0.15) is 5.10 Å². The van der Waals surface area contributed by atoms with Crippen LogP contribution in [-0.4, -0.2) is 32.8 Å². The van der Waals surface area contributed by atoms with E-state index in [1.165, 1.54) is 0 Å². The maximum atomic E-state index is 11.7. The smallest absolute Gasteiger partial charge is 0.326 e. The summed E-state index contributed by atoms with van der Waals surface area (Å²) in [6, 6.07) is -0.804. The number of aromatic nitrogens is 2. The minimum Gasteiger partial charge on any atom is -0.480 e. The van der Waals surface area contributed by atoms with Crippen LogP contribution in [0.3, 0.4) is 0 Å². The predicted octanol–water partition coefficient (Wildman–Crippen LogP) is 0.968. The second-order valence-electron chi connectivity index (χ2n) is 5.11. The molecule has 6 nitrogen and oxygen atoms in total. The van der Waals surface area contributed by atoms with Crippen molar-refractivity contribution < 1.29 is 14.7 Å². The summed E-state index contributed by atoms with van der Waals surface area (Å²) in [6.45, 7) is 3.86. The fourth-order valence-corrected chi connectivity index (χ4v) is 1.82. The van der Waals surface area contributed by atoms with E-state index in [0.717, 1.165) is 5.56 Å². The topological polar surface area (TPSA) is 84.2 Å². The van der Waals surface area contributed by atoms with Crippen molar-refractivity contribution in [3.05, 3.63) is 18.0 Å². The number of rotatable bonds is 7. The number of hydrogen-bond donors (Lipinski definition) is 2. The number of carbonyl (C=O) groups is 2. The number of aryl methyl sites for hydroxylation is 2. The number of aliphatic carboxylic acids is 1. The van der Waals surface area contributed by atoms with E-state index in [9.17, 15) is 9.59 Å². The molecular formula is C13H21N3O3. The summed E-state index contributed by atoms with van der Waals surface area (Å²) in [6.07, 6.45) is 4.82. The molecule has 0 unspecified atom stereocenters. The van der Waals surface area contributed by atoms with Crippen molar-refractivity contribution in [3.8, 4) is 0 Å². The molecule has 0 spiro atoms. The molecule has 1 aromatic heterocycles. The van der Waals surface area contributed by atoms with Crippen molar-refractivity contribution in [2.45, 2.75) is 39.2 Å². The Bertz CT molecular complexity index is 440. The van der Waals surface area contributed by atoms with Crippen LogP contribution in [0.4, 0.5) is 0 Å². The second-order valence-corrected chi connectivity index (χ2v) is 5.11. The van der Waals surface area contributed by atoms with E-state index >= 15 is 0 Å². The molecule has 0 bridgehead atoms. The van der Waals surface area contributed by atoms with Crippen molar-refractivity contribution >= 4 is 11.9 Å². The van der Waals surface area contributed by atoms with Crippen LogP contribution in [0.2, 0.25) is 0 Å². The van der Waals surface area contributed by atoms with Gasteiger partial charge in [-0.25, -0.2) is 4.79 Å². The lowest BCUT2D eigenvalue weighted by Gasteiger charge is -2.16. The second kappa shape index (κ2) is 6.92. The van der Waals surface area contributed by atoms with Crippen molar-refractivity contribution in [2.24, 2.45) is 13.0 Å². The monoisotopic (exact) mass is 267 g/mol. The van der Waals surface area contributed by atoms with Gasteiger partial charge in [0, 0.05) is 19.7 Å². The third-order valence-corrected chi connectivity index (χ3v) is 2.74. The molecule has 0 aliphatic rings. The van der Waals surface area contributed by atoms with Crippen LogP contribution in [0.1, 0.15) is 32.3 Å². The Morgan fingerprint density at radius 1 is 1.47 bits per heavy atom. The first kappa shape index (κ1) is 15.2. The summed E-state index contributed by atoms with van der Waals surface area (Å²) in [5.74, 6) is -1.000. The average molecular weight is 267 g/mol. The van der Waals surface area contributed by atoms with Gasteiger partial charge in [-0.05, 0) is 24.3 Å². The highest BCUT2D eigenvalue weighted by Gasteiger charge is 2.20. The fraction of sp³-hybridized carbons (Fsp3) is 0.615. The van der Waals surface area contributed by atoms with Crippen LogP contribution in [0, 0.1) is 5.92 Å². The van der Waals surface area contributed by atoms with Gasteiger partial charge < -0.3 is 10.4 Å². The minimum atomic E-state index is -0.983. The van der Waals surface area contributed by atoms with E-state index in [1.54, 1.807) is 10.9 Å². The quantitative estimate of drug-likeness (QED) is 0.771. The molecule has 0 saturated heterocycles. The van der Waals surface area contributed by atoms with Gasteiger partial charge >= 0.3 is 5.97 Å². The van der Waals surface area contributed by atoms with Crippen molar-refractivity contribution in [1.82, 2.24) is 15.1 Å². The van der Waals surface area contributed by atoms with Gasteiger partial charge in [0.25, 0.3) is 0 Å². The molecule has 1 aromatic rings. The van der Waals surface area contributed by atoms with Gasteiger partial charge in [-0.1, -0.05) is 13.8 Å². The van der Waals surface area contributed by atoms with E-state index in [0.29, 0.717) is 12.8 Å². The van der Waals surface area contributed by atoms with E-state index < -0.39 is 12.0 Å². The molecule has 1 rings (SSSR count). The number of amides is 1. The largest absolute Gasteiger partial charge is 0.480 e. The molecule has 0 aliphatic carbocycles. The Labute approximate surface area is 112 Å². The highest BCUT2D eigenvalue weighted by Crippen LogP contribution is 2.06. The first-order valence-corrected chi connectivity index (χ1v) is 6.38. The van der Waals surface area contributed by atoms with Crippen molar-refractivity contribution in [3.63, 3.8) is 0 Å². The molecule has 106 valence electrons. The van der Waals surface area contributed by atoms with E-state index in [4.69, 9.17) is 5.11 Å². The standard InChI is InChI=1S/C13H21N3O3/c1-9(2)6-11(13(18)19)15-12(17)5-4-10-7-14-16(3)8-10/h7-9,11H,4-6H2,1-3H3,(H,15,17)(H,18,19)/t11-/m0/s1. The van der Waals surface area contributed by atoms with E-state index in [2.05, 4.69) is 10.4 Å². The lowest BCUT2D eigenvalue weighted by molar-refractivity contribution is -0.142. The molecule has 0 aliphatic heterocycles. The minimum absolute atomic E-state index is 0.222. The Morgan fingerprint density at radius 3 is 2.63 bits per heavy atom. The van der Waals surface area contributed by atoms with Gasteiger partial charge in [0.05, 0.1) is 6.20 Å². The normalized spacial score (nSPS) is 12.4. The van der Waals surface area contributed by atoms with Crippen LogP contribution >= 0.6 is 0 Å². The zero-order valence-corrected chi connectivity index (χ0v) is 11.6. The summed E-state index contributed by atoms with van der Waals surface area (Å²) >= 11 is 0. The lowest BCUT2D eigenvalue weighted by Crippen LogP contribution is -2.41. The molecule has 1 atom stereocenters. The van der Waals surface area contributed by atoms with Gasteiger partial charge in [-0.3, -0.25) is 9.48 Å². The molecule has 1 amide bonds. The number of nitrogens with zero attached hydrogens (tertiary/aromatic N) is 2. The Hall–Kier alpha value is -1.85. The van der Waals surface area contributed by atoms with Crippen molar-refractivity contribution in [2.75, 3.05) is 0 Å². The molecule has 0 fully saturated rings. The van der Waals surface area contributed by atoms with Crippen LogP contribution in [0.15, 0.2) is 12.4 Å². The van der Waals surface area contributed by atoms with Crippen LogP contribution < -0.4 is 5.32 Å².